The number of fused-ring (bicyclic) bond motifs is 2. The van der Waals surface area contributed by atoms with Gasteiger partial charge in [-0.2, -0.15) is 0 Å². The van der Waals surface area contributed by atoms with Crippen molar-refractivity contribution in [1.29, 1.82) is 0 Å². The van der Waals surface area contributed by atoms with E-state index in [0.717, 1.165) is 21.8 Å². The van der Waals surface area contributed by atoms with Crippen molar-refractivity contribution in [1.82, 2.24) is 9.97 Å². The Morgan fingerprint density at radius 1 is 0.533 bits per heavy atom. The van der Waals surface area contributed by atoms with Gasteiger partial charge in [-0.05, 0) is 24.3 Å². The second kappa shape index (κ2) is 18.5. The molecule has 11 nitrogen and oxygen atoms in total. The van der Waals surface area contributed by atoms with Crippen molar-refractivity contribution in [3.8, 4) is 11.5 Å². The summed E-state index contributed by atoms with van der Waals surface area (Å²) in [5, 5.41) is 2.03. The molecular formula is C34H42N2O9. The van der Waals surface area contributed by atoms with E-state index in [1.54, 1.807) is 12.4 Å². The van der Waals surface area contributed by atoms with Gasteiger partial charge in [0.15, 0.2) is 0 Å². The molecule has 1 aliphatic rings. The Morgan fingerprint density at radius 2 is 1.00 bits per heavy atom. The largest absolute Gasteiger partial charge is 0.489 e. The summed E-state index contributed by atoms with van der Waals surface area (Å²) in [7, 11) is 0. The molecule has 0 amide bonds. The first-order valence-electron chi connectivity index (χ1n) is 15.4. The van der Waals surface area contributed by atoms with E-state index in [2.05, 4.69) is 9.97 Å². The Kier molecular flexibility index (Phi) is 13.6. The number of rotatable bonds is 11. The maximum absolute atomic E-state index is 6.46. The van der Waals surface area contributed by atoms with Crippen LogP contribution in [0.25, 0.3) is 21.8 Å². The second-order valence-electron chi connectivity index (χ2n) is 10.4. The Labute approximate surface area is 263 Å². The van der Waals surface area contributed by atoms with Gasteiger partial charge in [-0.3, -0.25) is 9.97 Å². The molecule has 2 aromatic heterocycles. The highest BCUT2D eigenvalue weighted by atomic mass is 16.6. The smallest absolute Gasteiger partial charge is 0.145 e. The van der Waals surface area contributed by atoms with Gasteiger partial charge in [0.2, 0.25) is 0 Å². The normalized spacial score (nSPS) is 17.2. The van der Waals surface area contributed by atoms with E-state index in [9.17, 15) is 0 Å². The Balaban J connectivity index is 1.19. The highest BCUT2D eigenvalue weighted by Gasteiger charge is 2.33. The summed E-state index contributed by atoms with van der Waals surface area (Å²) in [4.78, 5) is 8.93. The topological polar surface area (TPSA) is 109 Å². The van der Waals surface area contributed by atoms with Crippen molar-refractivity contribution < 1.29 is 42.6 Å². The Bertz CT molecular complexity index is 1400. The minimum absolute atomic E-state index is 0.218. The number of benzene rings is 2. The van der Waals surface area contributed by atoms with Crippen molar-refractivity contribution in [2.75, 3.05) is 99.1 Å². The molecule has 11 heteroatoms. The molecule has 1 fully saturated rings. The molecule has 1 saturated heterocycles. The maximum Gasteiger partial charge on any atom is 0.145 e. The number of para-hydroxylation sites is 2. The maximum atomic E-state index is 6.46. The highest BCUT2D eigenvalue weighted by molar-refractivity contribution is 5.84. The number of nitrogens with zero attached hydrogens (tertiary/aromatic N) is 2. The zero-order chi connectivity index (χ0) is 30.8. The first-order chi connectivity index (χ1) is 22.3. The van der Waals surface area contributed by atoms with Crippen LogP contribution in [0, 0.1) is 0 Å². The monoisotopic (exact) mass is 622 g/mol. The zero-order valence-electron chi connectivity index (χ0n) is 25.6. The summed E-state index contributed by atoms with van der Waals surface area (Å²) >= 11 is 0. The third-order valence-corrected chi connectivity index (χ3v) is 7.01. The quantitative estimate of drug-likeness (QED) is 0.226. The fraction of sp³-hybridized carbons (Fsp3) is 0.471. The lowest BCUT2D eigenvalue weighted by Crippen LogP contribution is -2.48. The van der Waals surface area contributed by atoms with Crippen LogP contribution in [0.15, 0.2) is 73.1 Å². The molecule has 0 atom stereocenters. The van der Waals surface area contributed by atoms with Crippen LogP contribution >= 0.6 is 0 Å². The molecule has 45 heavy (non-hydrogen) atoms. The van der Waals surface area contributed by atoms with Crippen LogP contribution in [0.5, 0.6) is 11.5 Å². The van der Waals surface area contributed by atoms with Crippen LogP contribution in [0.4, 0.5) is 0 Å². The minimum atomic E-state index is -0.901. The molecule has 5 rings (SSSR count). The lowest BCUT2D eigenvalue weighted by molar-refractivity contribution is -0.175. The summed E-state index contributed by atoms with van der Waals surface area (Å²) in [6.45, 7) is 5.58. The van der Waals surface area contributed by atoms with Crippen LogP contribution < -0.4 is 9.47 Å². The number of aromatic nitrogens is 2. The van der Waals surface area contributed by atoms with E-state index in [1.165, 1.54) is 0 Å². The first-order valence-corrected chi connectivity index (χ1v) is 15.4. The van der Waals surface area contributed by atoms with Gasteiger partial charge < -0.3 is 42.6 Å². The van der Waals surface area contributed by atoms with Crippen molar-refractivity contribution in [2.24, 2.45) is 0 Å². The van der Waals surface area contributed by atoms with Gasteiger partial charge in [-0.15, -0.1) is 0 Å². The number of hydrogen-bond donors (Lipinski definition) is 0. The average molecular weight is 623 g/mol. The Hall–Kier alpha value is -3.42. The highest BCUT2D eigenvalue weighted by Crippen LogP contribution is 2.24. The summed E-state index contributed by atoms with van der Waals surface area (Å²) < 4.78 is 53.5. The summed E-state index contributed by atoms with van der Waals surface area (Å²) in [6.07, 6.45) is 3.51. The first kappa shape index (κ1) is 33.0. The van der Waals surface area contributed by atoms with Crippen LogP contribution in [0.1, 0.15) is 0 Å². The Morgan fingerprint density at radius 3 is 1.53 bits per heavy atom. The van der Waals surface area contributed by atoms with Gasteiger partial charge in [0, 0.05) is 23.2 Å². The minimum Gasteiger partial charge on any atom is -0.489 e. The van der Waals surface area contributed by atoms with Crippen molar-refractivity contribution in [2.45, 2.75) is 5.60 Å². The van der Waals surface area contributed by atoms with Gasteiger partial charge >= 0.3 is 0 Å². The average Bonchev–Trinajstić information content (AvgIpc) is 3.08. The SMILES string of the molecule is c1cnc2c(OCCOCC3(OCCOc4cccc5cccnc45)COCCOCCOCCOCCOC3)cccc2c1. The van der Waals surface area contributed by atoms with Crippen LogP contribution in [-0.4, -0.2) is 115 Å². The molecule has 0 saturated carbocycles. The number of pyridine rings is 2. The van der Waals surface area contributed by atoms with E-state index in [4.69, 9.17) is 42.6 Å². The second-order valence-corrected chi connectivity index (χ2v) is 10.4. The van der Waals surface area contributed by atoms with E-state index >= 15 is 0 Å². The van der Waals surface area contributed by atoms with Crippen LogP contribution in [-0.2, 0) is 33.2 Å². The standard InChI is InChI=1S/C34H42N2O9/c1-5-28-7-3-11-35-32(28)30(9-1)43-22-21-42-27-34(25-40-19-17-38-15-13-37-14-16-39-18-20-41-26-34)45-24-23-44-31-10-2-6-29-8-4-12-36-33(29)31/h1-12H,13-27H2. The molecule has 0 spiro atoms. The molecule has 0 aliphatic carbocycles. The van der Waals surface area contributed by atoms with E-state index in [1.807, 2.05) is 60.7 Å². The van der Waals surface area contributed by atoms with Crippen molar-refractivity contribution in [3.05, 3.63) is 73.1 Å². The molecule has 3 heterocycles. The van der Waals surface area contributed by atoms with Gasteiger partial charge in [0.05, 0.1) is 85.9 Å². The fourth-order valence-corrected chi connectivity index (χ4v) is 4.81. The molecule has 0 N–H and O–H groups in total. The molecule has 0 radical (unpaired) electrons. The van der Waals surface area contributed by atoms with Gasteiger partial charge in [0.25, 0.3) is 0 Å². The van der Waals surface area contributed by atoms with E-state index < -0.39 is 5.60 Å². The number of hydrogen-bond acceptors (Lipinski definition) is 11. The molecular weight excluding hydrogens is 580 g/mol. The van der Waals surface area contributed by atoms with Crippen LogP contribution in [0.3, 0.4) is 0 Å². The van der Waals surface area contributed by atoms with Gasteiger partial charge in [-0.1, -0.05) is 36.4 Å². The van der Waals surface area contributed by atoms with Crippen molar-refractivity contribution in [3.63, 3.8) is 0 Å². The molecule has 242 valence electrons. The molecule has 1 aliphatic heterocycles. The lowest BCUT2D eigenvalue weighted by Gasteiger charge is -2.33. The third kappa shape index (κ3) is 10.6. The van der Waals surface area contributed by atoms with Gasteiger partial charge in [-0.25, -0.2) is 0 Å². The molecule has 0 bridgehead atoms. The van der Waals surface area contributed by atoms with E-state index in [-0.39, 0.29) is 26.4 Å². The number of ether oxygens (including phenoxy) is 9. The van der Waals surface area contributed by atoms with E-state index in [0.29, 0.717) is 84.2 Å². The molecule has 4 aromatic rings. The molecule has 0 unspecified atom stereocenters. The summed E-state index contributed by atoms with van der Waals surface area (Å²) in [5.41, 5.74) is 0.722. The lowest BCUT2D eigenvalue weighted by atomic mass is 10.1. The zero-order valence-corrected chi connectivity index (χ0v) is 25.6. The fourth-order valence-electron chi connectivity index (χ4n) is 4.81. The summed E-state index contributed by atoms with van der Waals surface area (Å²) in [6, 6.07) is 19.6. The predicted octanol–water partition coefficient (Wildman–Crippen LogP) is 4.11. The summed E-state index contributed by atoms with van der Waals surface area (Å²) in [5.74, 6) is 1.41. The van der Waals surface area contributed by atoms with Crippen molar-refractivity contribution >= 4 is 21.8 Å². The third-order valence-electron chi connectivity index (χ3n) is 7.01. The predicted molar refractivity (Wildman–Crippen MR) is 168 cm³/mol. The van der Waals surface area contributed by atoms with Crippen LogP contribution in [0.2, 0.25) is 0 Å². The molecule has 2 aromatic carbocycles. The van der Waals surface area contributed by atoms with Gasteiger partial charge in [0.1, 0.15) is 41.3 Å².